The third-order valence-corrected chi connectivity index (χ3v) is 2.23. The van der Waals surface area contributed by atoms with Crippen LogP contribution in [0.2, 0.25) is 0 Å². The van der Waals surface area contributed by atoms with Gasteiger partial charge in [0.15, 0.2) is 5.82 Å². The van der Waals surface area contributed by atoms with Crippen LogP contribution in [0.4, 0.5) is 10.2 Å². The van der Waals surface area contributed by atoms with Crippen LogP contribution in [0.15, 0.2) is 36.4 Å². The molecule has 1 aromatic carbocycles. The number of hydrogen-bond acceptors (Lipinski definition) is 3. The first-order valence-electron chi connectivity index (χ1n) is 4.78. The van der Waals surface area contributed by atoms with Gasteiger partial charge in [-0.3, -0.25) is 9.89 Å². The molecule has 6 heteroatoms. The van der Waals surface area contributed by atoms with Crippen LogP contribution in [0.1, 0.15) is 10.4 Å². The van der Waals surface area contributed by atoms with E-state index in [4.69, 9.17) is 12.2 Å². The van der Waals surface area contributed by atoms with Crippen LogP contribution in [0.3, 0.4) is 0 Å². The molecular weight excluding hydrogens is 241 g/mol. The Morgan fingerprint density at radius 3 is 2.82 bits per heavy atom. The molecule has 0 atom stereocenters. The van der Waals surface area contributed by atoms with E-state index in [1.54, 1.807) is 12.1 Å². The molecule has 0 aliphatic heterocycles. The SMILES string of the molecule is O=C(Nc1ccc(=S)[nH]n1)c1cccc(F)c1. The number of hydrogen-bond donors (Lipinski definition) is 2. The highest BCUT2D eigenvalue weighted by atomic mass is 32.1. The van der Waals surface area contributed by atoms with Crippen LogP contribution >= 0.6 is 12.2 Å². The average molecular weight is 249 g/mol. The van der Waals surface area contributed by atoms with Gasteiger partial charge in [0, 0.05) is 5.56 Å². The Bertz CT molecular complexity index is 591. The summed E-state index contributed by atoms with van der Waals surface area (Å²) in [5.74, 6) is -0.562. The maximum absolute atomic E-state index is 12.9. The number of carbonyl (C=O) groups is 1. The molecule has 1 heterocycles. The second-order valence-corrected chi connectivity index (χ2v) is 3.71. The van der Waals surface area contributed by atoms with Crippen LogP contribution in [-0.2, 0) is 0 Å². The smallest absolute Gasteiger partial charge is 0.256 e. The molecule has 0 unspecified atom stereocenters. The fraction of sp³-hybridized carbons (Fsp3) is 0. The molecular formula is C11H8FN3OS. The van der Waals surface area contributed by atoms with E-state index in [0.29, 0.717) is 10.5 Å². The van der Waals surface area contributed by atoms with E-state index < -0.39 is 11.7 Å². The first-order chi connectivity index (χ1) is 8.15. The van der Waals surface area contributed by atoms with Crippen molar-refractivity contribution in [2.45, 2.75) is 0 Å². The highest BCUT2D eigenvalue weighted by Gasteiger charge is 2.07. The number of aromatic nitrogens is 2. The van der Waals surface area contributed by atoms with E-state index in [1.807, 2.05) is 0 Å². The van der Waals surface area contributed by atoms with Crippen LogP contribution in [-0.4, -0.2) is 16.1 Å². The molecule has 0 fully saturated rings. The number of amides is 1. The van der Waals surface area contributed by atoms with Gasteiger partial charge >= 0.3 is 0 Å². The van der Waals surface area contributed by atoms with Crippen molar-refractivity contribution in [3.63, 3.8) is 0 Å². The van der Waals surface area contributed by atoms with E-state index in [2.05, 4.69) is 15.5 Å². The molecule has 2 rings (SSSR count). The van der Waals surface area contributed by atoms with Crippen molar-refractivity contribution in [3.05, 3.63) is 52.4 Å². The average Bonchev–Trinajstić information content (AvgIpc) is 2.32. The van der Waals surface area contributed by atoms with Gasteiger partial charge in [0.1, 0.15) is 10.5 Å². The van der Waals surface area contributed by atoms with Gasteiger partial charge in [-0.15, -0.1) is 0 Å². The summed E-state index contributed by atoms with van der Waals surface area (Å²) < 4.78 is 13.4. The van der Waals surface area contributed by atoms with Crippen molar-refractivity contribution >= 4 is 23.9 Å². The third-order valence-electron chi connectivity index (χ3n) is 2.01. The molecule has 0 spiro atoms. The minimum atomic E-state index is -0.460. The summed E-state index contributed by atoms with van der Waals surface area (Å²) >= 11 is 4.82. The molecule has 1 aromatic heterocycles. The quantitative estimate of drug-likeness (QED) is 0.804. The van der Waals surface area contributed by atoms with Crippen molar-refractivity contribution in [1.29, 1.82) is 0 Å². The summed E-state index contributed by atoms with van der Waals surface area (Å²) in [6.45, 7) is 0. The molecule has 0 bridgehead atoms. The molecule has 1 amide bonds. The Kier molecular flexibility index (Phi) is 3.24. The van der Waals surface area contributed by atoms with E-state index in [9.17, 15) is 9.18 Å². The molecule has 0 saturated heterocycles. The second-order valence-electron chi connectivity index (χ2n) is 3.27. The zero-order valence-corrected chi connectivity index (χ0v) is 9.42. The van der Waals surface area contributed by atoms with Crippen LogP contribution in [0.5, 0.6) is 0 Å². The lowest BCUT2D eigenvalue weighted by atomic mass is 10.2. The number of aromatic amines is 1. The van der Waals surface area contributed by atoms with Crippen molar-refractivity contribution in [2.24, 2.45) is 0 Å². The van der Waals surface area contributed by atoms with Crippen molar-refractivity contribution in [3.8, 4) is 0 Å². The minimum Gasteiger partial charge on any atom is -0.305 e. The molecule has 86 valence electrons. The van der Waals surface area contributed by atoms with Crippen molar-refractivity contribution in [2.75, 3.05) is 5.32 Å². The van der Waals surface area contributed by atoms with Crippen LogP contribution in [0, 0.1) is 10.5 Å². The number of rotatable bonds is 2. The van der Waals surface area contributed by atoms with E-state index in [1.165, 1.54) is 18.2 Å². The number of benzene rings is 1. The summed E-state index contributed by atoms with van der Waals surface area (Å²) in [6, 6.07) is 8.58. The normalized spacial score (nSPS) is 9.94. The molecule has 0 saturated carbocycles. The Labute approximate surface area is 101 Å². The van der Waals surface area contributed by atoms with Gasteiger partial charge in [-0.25, -0.2) is 4.39 Å². The zero-order chi connectivity index (χ0) is 12.3. The number of carbonyl (C=O) groups excluding carboxylic acids is 1. The fourth-order valence-electron chi connectivity index (χ4n) is 1.23. The van der Waals surface area contributed by atoms with Gasteiger partial charge < -0.3 is 5.32 Å². The number of H-pyrrole nitrogens is 1. The van der Waals surface area contributed by atoms with E-state index in [0.717, 1.165) is 6.07 Å². The summed E-state index contributed by atoms with van der Waals surface area (Å²) in [6.07, 6.45) is 0. The van der Waals surface area contributed by atoms with E-state index >= 15 is 0 Å². The number of nitrogens with one attached hydrogen (secondary N) is 2. The monoisotopic (exact) mass is 249 g/mol. The largest absolute Gasteiger partial charge is 0.305 e. The molecule has 2 N–H and O–H groups in total. The molecule has 4 nitrogen and oxygen atoms in total. The van der Waals surface area contributed by atoms with Crippen LogP contribution in [0.25, 0.3) is 0 Å². The van der Waals surface area contributed by atoms with Gasteiger partial charge in [0.25, 0.3) is 5.91 Å². The lowest BCUT2D eigenvalue weighted by Gasteiger charge is -2.03. The van der Waals surface area contributed by atoms with Gasteiger partial charge in [0.2, 0.25) is 0 Å². The fourth-order valence-corrected chi connectivity index (χ4v) is 1.35. The molecule has 0 aliphatic rings. The summed E-state index contributed by atoms with van der Waals surface area (Å²) in [5.41, 5.74) is 0.231. The molecule has 0 aliphatic carbocycles. The summed E-state index contributed by atoms with van der Waals surface area (Å²) in [5, 5.41) is 8.87. The second kappa shape index (κ2) is 4.84. The standard InChI is InChI=1S/C11H8FN3OS/c12-8-3-1-2-7(6-8)11(16)13-9-4-5-10(17)15-14-9/h1-6H,(H,15,17)(H,13,14,16). The Balaban J connectivity index is 2.17. The first-order valence-corrected chi connectivity index (χ1v) is 5.18. The van der Waals surface area contributed by atoms with E-state index in [-0.39, 0.29) is 5.56 Å². The highest BCUT2D eigenvalue weighted by molar-refractivity contribution is 7.71. The predicted molar refractivity (Wildman–Crippen MR) is 63.8 cm³/mol. The Morgan fingerprint density at radius 1 is 1.35 bits per heavy atom. The number of nitrogens with zero attached hydrogens (tertiary/aromatic N) is 1. The topological polar surface area (TPSA) is 57.8 Å². The Hall–Kier alpha value is -2.08. The van der Waals surface area contributed by atoms with Gasteiger partial charge in [0.05, 0.1) is 0 Å². The maximum Gasteiger partial charge on any atom is 0.256 e. The lowest BCUT2D eigenvalue weighted by molar-refractivity contribution is 0.102. The Morgan fingerprint density at radius 2 is 2.18 bits per heavy atom. The van der Waals surface area contributed by atoms with Crippen molar-refractivity contribution < 1.29 is 9.18 Å². The number of halogens is 1. The van der Waals surface area contributed by atoms with Crippen molar-refractivity contribution in [1.82, 2.24) is 10.2 Å². The highest BCUT2D eigenvalue weighted by Crippen LogP contribution is 2.07. The third kappa shape index (κ3) is 2.94. The van der Waals surface area contributed by atoms with Crippen LogP contribution < -0.4 is 5.32 Å². The first kappa shape index (κ1) is 11.4. The van der Waals surface area contributed by atoms with Gasteiger partial charge in [-0.05, 0) is 30.3 Å². The maximum atomic E-state index is 12.9. The molecule has 2 aromatic rings. The predicted octanol–water partition coefficient (Wildman–Crippen LogP) is 2.53. The summed E-state index contributed by atoms with van der Waals surface area (Å²) in [7, 11) is 0. The number of anilines is 1. The lowest BCUT2D eigenvalue weighted by Crippen LogP contribution is -2.13. The summed E-state index contributed by atoms with van der Waals surface area (Å²) in [4.78, 5) is 11.7. The van der Waals surface area contributed by atoms with Gasteiger partial charge in [-0.2, -0.15) is 5.10 Å². The zero-order valence-electron chi connectivity index (χ0n) is 8.61. The molecule has 0 radical (unpaired) electrons. The molecule has 17 heavy (non-hydrogen) atoms. The minimum absolute atomic E-state index is 0.231. The van der Waals surface area contributed by atoms with Gasteiger partial charge in [-0.1, -0.05) is 18.3 Å².